The summed E-state index contributed by atoms with van der Waals surface area (Å²) in [5, 5.41) is 8.86. The van der Waals surface area contributed by atoms with E-state index in [0.717, 1.165) is 0 Å². The molecule has 0 saturated carbocycles. The lowest BCUT2D eigenvalue weighted by atomic mass is 10.1. The van der Waals surface area contributed by atoms with Crippen LogP contribution in [0.25, 0.3) is 0 Å². The average molecular weight is 203 g/mol. The van der Waals surface area contributed by atoms with Crippen molar-refractivity contribution in [2.24, 2.45) is 0 Å². The van der Waals surface area contributed by atoms with E-state index in [9.17, 15) is 8.78 Å². The van der Waals surface area contributed by atoms with E-state index < -0.39 is 13.0 Å². The highest BCUT2D eigenvalue weighted by atomic mass is 19.3. The number of alkyl halides is 2. The molecule has 1 aromatic heterocycles. The quantitative estimate of drug-likeness (QED) is 0.814. The topological polar surface area (TPSA) is 42.4 Å². The lowest BCUT2D eigenvalue weighted by Crippen LogP contribution is -2.03. The van der Waals surface area contributed by atoms with E-state index >= 15 is 0 Å². The van der Waals surface area contributed by atoms with E-state index in [4.69, 9.17) is 9.84 Å². The normalized spacial score (nSPS) is 10.7. The molecule has 3 nitrogen and oxygen atoms in total. The van der Waals surface area contributed by atoms with E-state index in [-0.39, 0.29) is 17.0 Å². The van der Waals surface area contributed by atoms with Crippen molar-refractivity contribution in [1.82, 2.24) is 4.98 Å². The molecule has 0 aliphatic heterocycles. The van der Waals surface area contributed by atoms with Crippen LogP contribution in [0.4, 0.5) is 8.78 Å². The molecule has 14 heavy (non-hydrogen) atoms. The number of nitrogens with zero attached hydrogens (tertiary/aromatic N) is 1. The van der Waals surface area contributed by atoms with Gasteiger partial charge in [-0.05, 0) is 12.5 Å². The number of methoxy groups -OCH3 is 1. The van der Waals surface area contributed by atoms with Gasteiger partial charge in [0, 0.05) is 6.20 Å². The zero-order chi connectivity index (χ0) is 10.7. The standard InChI is InChI=1S/C9H11F2NO2/c1-5-3-12-6(4-13)8(14-2)7(5)9(10)11/h3,9,13H,4H2,1-2H3. The number of aliphatic hydroxyl groups excluding tert-OH is 1. The van der Waals surface area contributed by atoms with Crippen molar-refractivity contribution < 1.29 is 18.6 Å². The summed E-state index contributed by atoms with van der Waals surface area (Å²) >= 11 is 0. The molecule has 1 N–H and O–H groups in total. The third-order valence-electron chi connectivity index (χ3n) is 1.92. The summed E-state index contributed by atoms with van der Waals surface area (Å²) in [6.07, 6.45) is -1.33. The lowest BCUT2D eigenvalue weighted by Gasteiger charge is -2.13. The van der Waals surface area contributed by atoms with Crippen molar-refractivity contribution >= 4 is 0 Å². The highest BCUT2D eigenvalue weighted by Crippen LogP contribution is 2.33. The van der Waals surface area contributed by atoms with Crippen LogP contribution in [0.15, 0.2) is 6.20 Å². The summed E-state index contributed by atoms with van der Waals surface area (Å²) in [6.45, 7) is 1.11. The minimum absolute atomic E-state index is 0.0255. The Morgan fingerprint density at radius 1 is 1.57 bits per heavy atom. The molecular formula is C9H11F2NO2. The Bertz CT molecular complexity index is 329. The molecule has 1 heterocycles. The maximum Gasteiger partial charge on any atom is 0.267 e. The van der Waals surface area contributed by atoms with Gasteiger partial charge >= 0.3 is 0 Å². The minimum atomic E-state index is -2.63. The Morgan fingerprint density at radius 3 is 2.64 bits per heavy atom. The van der Waals surface area contributed by atoms with Crippen LogP contribution in [0.5, 0.6) is 5.75 Å². The van der Waals surface area contributed by atoms with Gasteiger partial charge in [0.1, 0.15) is 5.69 Å². The van der Waals surface area contributed by atoms with Crippen molar-refractivity contribution in [3.8, 4) is 5.75 Å². The Morgan fingerprint density at radius 2 is 2.21 bits per heavy atom. The average Bonchev–Trinajstić information content (AvgIpc) is 2.16. The predicted octanol–water partition coefficient (Wildman–Crippen LogP) is 1.83. The number of hydrogen-bond acceptors (Lipinski definition) is 3. The van der Waals surface area contributed by atoms with Gasteiger partial charge in [0.25, 0.3) is 6.43 Å². The molecule has 0 fully saturated rings. The van der Waals surface area contributed by atoms with Crippen LogP contribution in [0.1, 0.15) is 23.2 Å². The largest absolute Gasteiger partial charge is 0.494 e. The van der Waals surface area contributed by atoms with Gasteiger partial charge in [0.15, 0.2) is 5.75 Å². The molecule has 0 atom stereocenters. The Labute approximate surface area is 80.3 Å². The molecule has 1 aromatic rings. The molecule has 0 aliphatic rings. The molecule has 0 bridgehead atoms. The fourth-order valence-corrected chi connectivity index (χ4v) is 1.25. The lowest BCUT2D eigenvalue weighted by molar-refractivity contribution is 0.145. The summed E-state index contributed by atoms with van der Waals surface area (Å²) in [4.78, 5) is 3.80. The maximum atomic E-state index is 12.6. The second kappa shape index (κ2) is 4.32. The molecule has 0 saturated heterocycles. The zero-order valence-corrected chi connectivity index (χ0v) is 7.92. The monoisotopic (exact) mass is 203 g/mol. The van der Waals surface area contributed by atoms with E-state index in [1.807, 2.05) is 0 Å². The molecule has 0 amide bonds. The predicted molar refractivity (Wildman–Crippen MR) is 46.4 cm³/mol. The summed E-state index contributed by atoms with van der Waals surface area (Å²) in [6, 6.07) is 0. The first-order valence-corrected chi connectivity index (χ1v) is 4.03. The molecule has 0 aliphatic carbocycles. The second-order valence-electron chi connectivity index (χ2n) is 2.79. The first kappa shape index (κ1) is 10.8. The molecule has 0 unspecified atom stereocenters. The molecule has 1 rings (SSSR count). The van der Waals surface area contributed by atoms with Crippen LogP contribution in [0.3, 0.4) is 0 Å². The number of aryl methyl sites for hydroxylation is 1. The molecular weight excluding hydrogens is 192 g/mol. The van der Waals surface area contributed by atoms with Crippen LogP contribution in [-0.4, -0.2) is 17.2 Å². The van der Waals surface area contributed by atoms with E-state index in [0.29, 0.717) is 5.56 Å². The highest BCUT2D eigenvalue weighted by molar-refractivity contribution is 5.42. The van der Waals surface area contributed by atoms with Crippen molar-refractivity contribution in [1.29, 1.82) is 0 Å². The fourth-order valence-electron chi connectivity index (χ4n) is 1.25. The maximum absolute atomic E-state index is 12.6. The Balaban J connectivity index is 3.35. The number of aliphatic hydroxyl groups is 1. The van der Waals surface area contributed by atoms with Gasteiger partial charge in [0.05, 0.1) is 19.3 Å². The van der Waals surface area contributed by atoms with E-state index in [1.54, 1.807) is 0 Å². The first-order chi connectivity index (χ1) is 6.61. The van der Waals surface area contributed by atoms with Crippen molar-refractivity contribution in [2.45, 2.75) is 20.0 Å². The van der Waals surface area contributed by atoms with Crippen molar-refractivity contribution in [3.05, 3.63) is 23.0 Å². The van der Waals surface area contributed by atoms with Gasteiger partial charge < -0.3 is 9.84 Å². The van der Waals surface area contributed by atoms with Gasteiger partial charge in [-0.3, -0.25) is 4.98 Å². The summed E-state index contributed by atoms with van der Waals surface area (Å²) in [5.74, 6) is -0.0255. The smallest absolute Gasteiger partial charge is 0.267 e. The highest BCUT2D eigenvalue weighted by Gasteiger charge is 2.20. The Hall–Kier alpha value is -1.23. The van der Waals surface area contributed by atoms with Gasteiger partial charge in [-0.15, -0.1) is 0 Å². The van der Waals surface area contributed by atoms with Crippen molar-refractivity contribution in [3.63, 3.8) is 0 Å². The van der Waals surface area contributed by atoms with Crippen LogP contribution in [-0.2, 0) is 6.61 Å². The van der Waals surface area contributed by atoms with Crippen LogP contribution in [0, 0.1) is 6.92 Å². The number of ether oxygens (including phenoxy) is 1. The number of halogens is 2. The first-order valence-electron chi connectivity index (χ1n) is 4.03. The number of pyridine rings is 1. The van der Waals surface area contributed by atoms with Crippen LogP contribution in [0.2, 0.25) is 0 Å². The molecule has 78 valence electrons. The van der Waals surface area contributed by atoms with E-state index in [2.05, 4.69) is 4.98 Å². The van der Waals surface area contributed by atoms with Gasteiger partial charge in [-0.25, -0.2) is 8.78 Å². The molecule has 0 aromatic carbocycles. The Kier molecular flexibility index (Phi) is 3.35. The zero-order valence-electron chi connectivity index (χ0n) is 7.92. The number of aromatic nitrogens is 1. The summed E-state index contributed by atoms with van der Waals surface area (Å²) in [5.41, 5.74) is 0.286. The van der Waals surface area contributed by atoms with Gasteiger partial charge in [-0.1, -0.05) is 0 Å². The molecule has 0 spiro atoms. The summed E-state index contributed by atoms with van der Waals surface area (Å²) < 4.78 is 30.0. The van der Waals surface area contributed by atoms with Crippen molar-refractivity contribution in [2.75, 3.05) is 7.11 Å². The third kappa shape index (κ3) is 1.82. The van der Waals surface area contributed by atoms with Crippen LogP contribution < -0.4 is 4.74 Å². The SMILES string of the molecule is COc1c(CO)ncc(C)c1C(F)F. The number of rotatable bonds is 3. The van der Waals surface area contributed by atoms with E-state index in [1.165, 1.54) is 20.2 Å². The van der Waals surface area contributed by atoms with Gasteiger partial charge in [0.2, 0.25) is 0 Å². The molecule has 0 radical (unpaired) electrons. The van der Waals surface area contributed by atoms with Crippen LogP contribution >= 0.6 is 0 Å². The molecule has 5 heteroatoms. The fraction of sp³-hybridized carbons (Fsp3) is 0.444. The minimum Gasteiger partial charge on any atom is -0.494 e. The second-order valence-corrected chi connectivity index (χ2v) is 2.79. The number of hydrogen-bond donors (Lipinski definition) is 1. The van der Waals surface area contributed by atoms with Gasteiger partial charge in [-0.2, -0.15) is 0 Å². The summed E-state index contributed by atoms with van der Waals surface area (Å²) in [7, 11) is 1.28. The third-order valence-corrected chi connectivity index (χ3v) is 1.92.